The van der Waals surface area contributed by atoms with Gasteiger partial charge in [-0.05, 0) is 30.0 Å². The van der Waals surface area contributed by atoms with Gasteiger partial charge in [0.15, 0.2) is 0 Å². The van der Waals surface area contributed by atoms with Gasteiger partial charge in [0, 0.05) is 11.5 Å². The average molecular weight is 319 g/mol. The average Bonchev–Trinajstić information content (AvgIpc) is 2.62. The van der Waals surface area contributed by atoms with Crippen LogP contribution in [0.5, 0.6) is 0 Å². The second-order valence-electron chi connectivity index (χ2n) is 5.70. The van der Waals surface area contributed by atoms with Crippen molar-refractivity contribution in [1.82, 2.24) is 0 Å². The van der Waals surface area contributed by atoms with Gasteiger partial charge in [-0.1, -0.05) is 72.5 Å². The Morgan fingerprint density at radius 1 is 1.08 bits per heavy atom. The highest BCUT2D eigenvalue weighted by Gasteiger charge is 2.28. The zero-order chi connectivity index (χ0) is 16.9. The first-order valence-electron chi connectivity index (χ1n) is 8.10. The molecule has 0 bridgehead atoms. The number of ether oxygens (including phenoxy) is 1. The van der Waals surface area contributed by atoms with Crippen LogP contribution in [-0.2, 0) is 9.53 Å². The molecule has 1 atom stereocenters. The van der Waals surface area contributed by atoms with E-state index >= 15 is 0 Å². The third-order valence-electron chi connectivity index (χ3n) is 4.19. The highest BCUT2D eigenvalue weighted by atomic mass is 16.5. The van der Waals surface area contributed by atoms with Gasteiger partial charge in [0.25, 0.3) is 0 Å². The molecule has 0 amide bonds. The molecule has 0 N–H and O–H groups in total. The molecular weight excluding hydrogens is 300 g/mol. The molecule has 0 heterocycles. The van der Waals surface area contributed by atoms with Crippen LogP contribution in [0.3, 0.4) is 0 Å². The van der Waals surface area contributed by atoms with Crippen molar-refractivity contribution in [2.24, 2.45) is 0 Å². The highest BCUT2D eigenvalue weighted by molar-refractivity contribution is 5.93. The summed E-state index contributed by atoms with van der Waals surface area (Å²) >= 11 is 0. The maximum Gasteiger partial charge on any atom is 0.334 e. The SMILES string of the molecule is CCOC(=O)C1=C([O-])C=C(c2ccccc2)CC1c1ccccc1. The topological polar surface area (TPSA) is 49.4 Å². The molecule has 0 aliphatic heterocycles. The smallest absolute Gasteiger partial charge is 0.334 e. The number of rotatable bonds is 4. The van der Waals surface area contributed by atoms with Crippen LogP contribution in [0, 0.1) is 0 Å². The van der Waals surface area contributed by atoms with Gasteiger partial charge in [0.05, 0.1) is 6.61 Å². The zero-order valence-corrected chi connectivity index (χ0v) is 13.6. The van der Waals surface area contributed by atoms with Crippen LogP contribution in [0.4, 0.5) is 0 Å². The molecule has 0 saturated heterocycles. The zero-order valence-electron chi connectivity index (χ0n) is 13.6. The molecule has 122 valence electrons. The molecule has 3 rings (SSSR count). The first kappa shape index (κ1) is 16.1. The normalized spacial score (nSPS) is 17.4. The van der Waals surface area contributed by atoms with E-state index in [4.69, 9.17) is 4.74 Å². The largest absolute Gasteiger partial charge is 0.872 e. The Morgan fingerprint density at radius 3 is 2.33 bits per heavy atom. The Labute approximate surface area is 141 Å². The number of hydrogen-bond donors (Lipinski definition) is 0. The summed E-state index contributed by atoms with van der Waals surface area (Å²) in [6.45, 7) is 2.00. The van der Waals surface area contributed by atoms with E-state index in [0.717, 1.165) is 16.7 Å². The van der Waals surface area contributed by atoms with E-state index in [-0.39, 0.29) is 23.9 Å². The van der Waals surface area contributed by atoms with Gasteiger partial charge in [0.2, 0.25) is 0 Å². The molecule has 24 heavy (non-hydrogen) atoms. The second kappa shape index (κ2) is 7.18. The Balaban J connectivity index is 2.06. The third kappa shape index (κ3) is 3.25. The molecule has 1 aliphatic carbocycles. The van der Waals surface area contributed by atoms with Gasteiger partial charge in [-0.25, -0.2) is 4.79 Å². The first-order chi connectivity index (χ1) is 11.7. The number of carbonyl (C=O) groups excluding carboxylic acids is 1. The number of benzene rings is 2. The van der Waals surface area contributed by atoms with Gasteiger partial charge >= 0.3 is 5.97 Å². The molecule has 0 saturated carbocycles. The van der Waals surface area contributed by atoms with Crippen LogP contribution in [0.15, 0.2) is 78.1 Å². The Bertz CT molecular complexity index is 773. The standard InChI is InChI=1S/C21H20O3/c1-2-24-21(23)20-18(16-11-7-4-8-12-16)13-17(14-19(20)22)15-9-5-3-6-10-15/h3-12,14,18,22H,2,13H2,1H3/p-1. The first-order valence-corrected chi connectivity index (χ1v) is 8.10. The fraction of sp³-hybridized carbons (Fsp3) is 0.190. The summed E-state index contributed by atoms with van der Waals surface area (Å²) in [4.78, 5) is 12.3. The summed E-state index contributed by atoms with van der Waals surface area (Å²) in [7, 11) is 0. The minimum Gasteiger partial charge on any atom is -0.872 e. The lowest BCUT2D eigenvalue weighted by Gasteiger charge is -2.30. The minimum absolute atomic E-state index is 0.225. The fourth-order valence-electron chi connectivity index (χ4n) is 3.06. The number of allylic oxidation sites excluding steroid dienone is 2. The van der Waals surface area contributed by atoms with E-state index in [1.807, 2.05) is 60.7 Å². The Morgan fingerprint density at radius 2 is 1.71 bits per heavy atom. The van der Waals surface area contributed by atoms with Gasteiger partial charge in [0.1, 0.15) is 0 Å². The summed E-state index contributed by atoms with van der Waals surface area (Å²) in [6, 6.07) is 19.5. The van der Waals surface area contributed by atoms with E-state index < -0.39 is 5.97 Å². The van der Waals surface area contributed by atoms with Crippen molar-refractivity contribution < 1.29 is 14.6 Å². The molecule has 2 aromatic carbocycles. The quantitative estimate of drug-likeness (QED) is 0.811. The van der Waals surface area contributed by atoms with Gasteiger partial charge in [-0.3, -0.25) is 0 Å². The van der Waals surface area contributed by atoms with Crippen molar-refractivity contribution in [3.8, 4) is 0 Å². The fourth-order valence-corrected chi connectivity index (χ4v) is 3.06. The highest BCUT2D eigenvalue weighted by Crippen LogP contribution is 2.40. The van der Waals surface area contributed by atoms with Crippen LogP contribution in [0.1, 0.15) is 30.4 Å². The van der Waals surface area contributed by atoms with Crippen molar-refractivity contribution >= 4 is 11.5 Å². The van der Waals surface area contributed by atoms with E-state index in [2.05, 4.69) is 0 Å². The van der Waals surface area contributed by atoms with Crippen LogP contribution < -0.4 is 5.11 Å². The third-order valence-corrected chi connectivity index (χ3v) is 4.19. The van der Waals surface area contributed by atoms with Crippen LogP contribution >= 0.6 is 0 Å². The van der Waals surface area contributed by atoms with E-state index in [0.29, 0.717) is 6.42 Å². The second-order valence-corrected chi connectivity index (χ2v) is 5.70. The molecule has 3 nitrogen and oxygen atoms in total. The maximum atomic E-state index is 12.7. The lowest BCUT2D eigenvalue weighted by Crippen LogP contribution is -2.24. The monoisotopic (exact) mass is 319 g/mol. The molecule has 3 heteroatoms. The molecule has 0 aromatic heterocycles. The minimum atomic E-state index is -0.514. The van der Waals surface area contributed by atoms with Crippen LogP contribution in [-0.4, -0.2) is 12.6 Å². The molecule has 0 radical (unpaired) electrons. The summed E-state index contributed by atoms with van der Waals surface area (Å²) in [5, 5.41) is 12.7. The van der Waals surface area contributed by atoms with Crippen molar-refractivity contribution in [1.29, 1.82) is 0 Å². The van der Waals surface area contributed by atoms with Gasteiger partial charge < -0.3 is 9.84 Å². The van der Waals surface area contributed by atoms with Gasteiger partial charge in [-0.15, -0.1) is 0 Å². The van der Waals surface area contributed by atoms with E-state index in [1.54, 1.807) is 13.0 Å². The summed E-state index contributed by atoms with van der Waals surface area (Å²) in [5.41, 5.74) is 3.13. The summed E-state index contributed by atoms with van der Waals surface area (Å²) in [5.74, 6) is -1.05. The van der Waals surface area contributed by atoms with Crippen molar-refractivity contribution in [3.63, 3.8) is 0 Å². The van der Waals surface area contributed by atoms with E-state index in [9.17, 15) is 9.90 Å². The van der Waals surface area contributed by atoms with Gasteiger partial charge in [-0.2, -0.15) is 0 Å². The number of hydrogen-bond acceptors (Lipinski definition) is 3. The molecular formula is C21H19O3-. The Hall–Kier alpha value is -2.81. The van der Waals surface area contributed by atoms with E-state index in [1.165, 1.54) is 0 Å². The summed E-state index contributed by atoms with van der Waals surface area (Å²) < 4.78 is 5.12. The summed E-state index contributed by atoms with van der Waals surface area (Å²) in [6.07, 6.45) is 2.18. The van der Waals surface area contributed by atoms with Crippen LogP contribution in [0.25, 0.3) is 5.57 Å². The molecule has 0 spiro atoms. The van der Waals surface area contributed by atoms with Crippen LogP contribution in [0.2, 0.25) is 0 Å². The molecule has 1 unspecified atom stereocenters. The molecule has 2 aromatic rings. The predicted octanol–water partition coefficient (Wildman–Crippen LogP) is 3.44. The number of carbonyl (C=O) groups is 1. The van der Waals surface area contributed by atoms with Crippen molar-refractivity contribution in [2.45, 2.75) is 19.3 Å². The van der Waals surface area contributed by atoms with Crippen molar-refractivity contribution in [2.75, 3.05) is 6.61 Å². The Kier molecular flexibility index (Phi) is 4.80. The molecule has 1 aliphatic rings. The molecule has 0 fully saturated rings. The lowest BCUT2D eigenvalue weighted by molar-refractivity contribution is -0.297. The maximum absolute atomic E-state index is 12.7. The lowest BCUT2D eigenvalue weighted by atomic mass is 9.79. The predicted molar refractivity (Wildman–Crippen MR) is 91.9 cm³/mol. The number of esters is 1. The van der Waals surface area contributed by atoms with Crippen molar-refractivity contribution in [3.05, 3.63) is 89.2 Å².